The normalized spacial score (nSPS) is 26.0. The zero-order valence-electron chi connectivity index (χ0n) is 12.1. The van der Waals surface area contributed by atoms with Crippen molar-refractivity contribution >= 4 is 52.4 Å². The Morgan fingerprint density at radius 1 is 1.35 bits per heavy atom. The van der Waals surface area contributed by atoms with Crippen LogP contribution in [0.2, 0.25) is 10.0 Å². The summed E-state index contributed by atoms with van der Waals surface area (Å²) in [4.78, 5) is 38.2. The van der Waals surface area contributed by atoms with Crippen molar-refractivity contribution in [2.75, 3.05) is 12.0 Å². The Morgan fingerprint density at radius 2 is 2.04 bits per heavy atom. The standard InChI is InChI=1S/C14H11Cl2N3O4/c1-14-9(10(17-18-14)12(21)23-2)11(20)19(13(14)22)6-3-4-7(15)8(16)5-6/h3-5,9,18H,1-2H3/t9-,14-/m1/s1. The van der Waals surface area contributed by atoms with Crippen LogP contribution in [0.5, 0.6) is 0 Å². The third-order valence-corrected chi connectivity index (χ3v) is 4.67. The van der Waals surface area contributed by atoms with E-state index in [0.717, 1.165) is 4.90 Å². The lowest BCUT2D eigenvalue weighted by atomic mass is 9.86. The number of methoxy groups -OCH3 is 1. The van der Waals surface area contributed by atoms with Crippen LogP contribution in [0.25, 0.3) is 0 Å². The molecule has 0 bridgehead atoms. The first-order valence-corrected chi connectivity index (χ1v) is 7.33. The fraction of sp³-hybridized carbons (Fsp3) is 0.286. The van der Waals surface area contributed by atoms with E-state index in [0.29, 0.717) is 5.02 Å². The largest absolute Gasteiger partial charge is 0.464 e. The highest BCUT2D eigenvalue weighted by Gasteiger charge is 2.63. The van der Waals surface area contributed by atoms with Gasteiger partial charge in [0.25, 0.3) is 5.91 Å². The Labute approximate surface area is 141 Å². The summed E-state index contributed by atoms with van der Waals surface area (Å²) < 4.78 is 4.62. The molecule has 3 rings (SSSR count). The molecule has 23 heavy (non-hydrogen) atoms. The van der Waals surface area contributed by atoms with Crippen molar-refractivity contribution in [3.63, 3.8) is 0 Å². The first-order valence-electron chi connectivity index (χ1n) is 6.57. The van der Waals surface area contributed by atoms with Gasteiger partial charge in [0.15, 0.2) is 5.71 Å². The average molecular weight is 356 g/mol. The molecular formula is C14H11Cl2N3O4. The lowest BCUT2D eigenvalue weighted by Gasteiger charge is -2.20. The van der Waals surface area contributed by atoms with Gasteiger partial charge in [-0.05, 0) is 25.1 Å². The van der Waals surface area contributed by atoms with Crippen LogP contribution in [0, 0.1) is 5.92 Å². The highest BCUT2D eigenvalue weighted by atomic mass is 35.5. The van der Waals surface area contributed by atoms with Crippen molar-refractivity contribution in [1.82, 2.24) is 5.43 Å². The number of benzene rings is 1. The van der Waals surface area contributed by atoms with Gasteiger partial charge in [-0.15, -0.1) is 0 Å². The van der Waals surface area contributed by atoms with Crippen LogP contribution in [0.15, 0.2) is 23.3 Å². The smallest absolute Gasteiger partial charge is 0.355 e. The van der Waals surface area contributed by atoms with E-state index < -0.39 is 29.2 Å². The minimum absolute atomic E-state index is 0.129. The van der Waals surface area contributed by atoms with Crippen molar-refractivity contribution in [2.45, 2.75) is 12.5 Å². The van der Waals surface area contributed by atoms with Crippen LogP contribution >= 0.6 is 23.2 Å². The molecule has 2 amide bonds. The van der Waals surface area contributed by atoms with Crippen molar-refractivity contribution in [1.29, 1.82) is 0 Å². The molecule has 1 N–H and O–H groups in total. The quantitative estimate of drug-likeness (QED) is 0.639. The first kappa shape index (κ1) is 15.8. The topological polar surface area (TPSA) is 88.1 Å². The summed E-state index contributed by atoms with van der Waals surface area (Å²) in [5.41, 5.74) is 1.39. The summed E-state index contributed by atoms with van der Waals surface area (Å²) in [5, 5.41) is 4.31. The van der Waals surface area contributed by atoms with Crippen LogP contribution in [0.3, 0.4) is 0 Å². The molecule has 0 saturated carbocycles. The highest BCUT2D eigenvalue weighted by Crippen LogP contribution is 2.39. The molecule has 1 fully saturated rings. The van der Waals surface area contributed by atoms with E-state index in [1.165, 1.54) is 32.2 Å². The monoisotopic (exact) mass is 355 g/mol. The number of anilines is 1. The Bertz CT molecular complexity index is 779. The van der Waals surface area contributed by atoms with E-state index in [1.807, 2.05) is 0 Å². The number of rotatable bonds is 2. The highest BCUT2D eigenvalue weighted by molar-refractivity contribution is 6.47. The molecule has 9 heteroatoms. The summed E-state index contributed by atoms with van der Waals surface area (Å²) in [6.45, 7) is 1.51. The maximum Gasteiger partial charge on any atom is 0.355 e. The van der Waals surface area contributed by atoms with Crippen LogP contribution in [-0.4, -0.2) is 36.1 Å². The molecule has 120 valence electrons. The second kappa shape index (κ2) is 5.21. The Balaban J connectivity index is 2.05. The van der Waals surface area contributed by atoms with E-state index >= 15 is 0 Å². The number of hydrogen-bond donors (Lipinski definition) is 1. The lowest BCUT2D eigenvalue weighted by molar-refractivity contribution is -0.133. The number of fused-ring (bicyclic) bond motifs is 1. The molecule has 0 unspecified atom stereocenters. The predicted octanol–water partition coefficient (Wildman–Crippen LogP) is 1.37. The van der Waals surface area contributed by atoms with Gasteiger partial charge < -0.3 is 4.74 Å². The van der Waals surface area contributed by atoms with Gasteiger partial charge in [-0.3, -0.25) is 15.0 Å². The minimum Gasteiger partial charge on any atom is -0.464 e. The zero-order chi connectivity index (χ0) is 16.9. The van der Waals surface area contributed by atoms with Crippen LogP contribution in [0.1, 0.15) is 6.92 Å². The van der Waals surface area contributed by atoms with Crippen LogP contribution < -0.4 is 10.3 Å². The maximum atomic E-state index is 12.7. The third kappa shape index (κ3) is 2.11. The summed E-state index contributed by atoms with van der Waals surface area (Å²) in [5.74, 6) is -2.93. The van der Waals surface area contributed by atoms with Crippen LogP contribution in [-0.2, 0) is 19.1 Å². The molecule has 0 radical (unpaired) electrons. The van der Waals surface area contributed by atoms with E-state index in [-0.39, 0.29) is 16.4 Å². The zero-order valence-corrected chi connectivity index (χ0v) is 13.6. The summed E-state index contributed by atoms with van der Waals surface area (Å²) >= 11 is 11.8. The number of nitrogens with zero attached hydrogens (tertiary/aromatic N) is 2. The molecule has 2 heterocycles. The number of esters is 1. The molecular weight excluding hydrogens is 345 g/mol. The molecule has 2 atom stereocenters. The number of hydrazone groups is 1. The Morgan fingerprint density at radius 3 is 2.65 bits per heavy atom. The van der Waals surface area contributed by atoms with Crippen molar-refractivity contribution in [2.24, 2.45) is 11.0 Å². The summed E-state index contributed by atoms with van der Waals surface area (Å²) in [6.07, 6.45) is 0. The number of halogens is 2. The van der Waals surface area contributed by atoms with Gasteiger partial charge in [0.2, 0.25) is 5.91 Å². The van der Waals surface area contributed by atoms with Gasteiger partial charge >= 0.3 is 5.97 Å². The Kier molecular flexibility index (Phi) is 3.57. The van der Waals surface area contributed by atoms with Gasteiger partial charge in [-0.25, -0.2) is 9.69 Å². The van der Waals surface area contributed by atoms with Gasteiger partial charge in [-0.1, -0.05) is 23.2 Å². The van der Waals surface area contributed by atoms with E-state index in [1.54, 1.807) is 0 Å². The number of imide groups is 1. The number of ether oxygens (including phenoxy) is 1. The number of carbonyl (C=O) groups excluding carboxylic acids is 3. The number of amides is 2. The summed E-state index contributed by atoms with van der Waals surface area (Å²) in [7, 11) is 1.18. The predicted molar refractivity (Wildman–Crippen MR) is 83.4 cm³/mol. The molecule has 2 aliphatic rings. The SMILES string of the molecule is COC(=O)C1=NN[C@@]2(C)C(=O)N(c3ccc(Cl)c(Cl)c3)C(=O)[C@@H]12. The molecule has 1 aromatic rings. The van der Waals surface area contributed by atoms with E-state index in [4.69, 9.17) is 23.2 Å². The second-order valence-electron chi connectivity index (χ2n) is 5.31. The molecule has 2 aliphatic heterocycles. The van der Waals surface area contributed by atoms with Crippen molar-refractivity contribution in [3.05, 3.63) is 28.2 Å². The molecule has 0 aromatic heterocycles. The van der Waals surface area contributed by atoms with Crippen LogP contribution in [0.4, 0.5) is 5.69 Å². The average Bonchev–Trinajstić information content (AvgIpc) is 2.96. The molecule has 0 aliphatic carbocycles. The van der Waals surface area contributed by atoms with Gasteiger partial charge in [0.1, 0.15) is 11.5 Å². The number of carbonyl (C=O) groups is 3. The van der Waals surface area contributed by atoms with Gasteiger partial charge in [-0.2, -0.15) is 5.10 Å². The Hall–Kier alpha value is -2.12. The number of nitrogens with one attached hydrogen (secondary N) is 1. The summed E-state index contributed by atoms with van der Waals surface area (Å²) in [6, 6.07) is 4.40. The van der Waals surface area contributed by atoms with Gasteiger partial charge in [0.05, 0.1) is 22.8 Å². The van der Waals surface area contributed by atoms with Crippen molar-refractivity contribution in [3.8, 4) is 0 Å². The minimum atomic E-state index is -1.34. The molecule has 0 spiro atoms. The van der Waals surface area contributed by atoms with Crippen molar-refractivity contribution < 1.29 is 19.1 Å². The molecule has 1 saturated heterocycles. The molecule has 1 aromatic carbocycles. The second-order valence-corrected chi connectivity index (χ2v) is 6.13. The lowest BCUT2D eigenvalue weighted by Crippen LogP contribution is -2.48. The van der Waals surface area contributed by atoms with E-state index in [2.05, 4.69) is 15.3 Å². The number of hydrogen-bond acceptors (Lipinski definition) is 6. The van der Waals surface area contributed by atoms with E-state index in [9.17, 15) is 14.4 Å². The first-order chi connectivity index (χ1) is 10.8. The fourth-order valence-corrected chi connectivity index (χ4v) is 3.00. The third-order valence-electron chi connectivity index (χ3n) is 3.93. The molecule has 7 nitrogen and oxygen atoms in total. The fourth-order valence-electron chi connectivity index (χ4n) is 2.71. The van der Waals surface area contributed by atoms with Gasteiger partial charge in [0, 0.05) is 0 Å². The maximum absolute atomic E-state index is 12.7.